The molecule has 0 aromatic heterocycles. The molecule has 0 aliphatic heterocycles. The summed E-state index contributed by atoms with van der Waals surface area (Å²) in [6.07, 6.45) is 43.1. The van der Waals surface area contributed by atoms with Gasteiger partial charge in [0.15, 0.2) is 12.2 Å². The highest BCUT2D eigenvalue weighted by Crippen LogP contribution is 2.45. The molecule has 0 aliphatic rings. The Balaban J connectivity index is 5.24. The molecule has 0 aliphatic carbocycles. The fourth-order valence-electron chi connectivity index (χ4n) is 10.3. The van der Waals surface area contributed by atoms with Crippen molar-refractivity contribution in [2.45, 2.75) is 362 Å². The summed E-state index contributed by atoms with van der Waals surface area (Å²) in [6, 6.07) is 0. The molecule has 0 saturated carbocycles. The van der Waals surface area contributed by atoms with Crippen LogP contribution in [0.4, 0.5) is 0 Å². The third kappa shape index (κ3) is 61.6. The highest BCUT2D eigenvalue weighted by molar-refractivity contribution is 7.47. The number of aliphatic hydroxyl groups excluding tert-OH is 1. The lowest BCUT2D eigenvalue weighted by molar-refractivity contribution is -0.161. The normalized spacial score (nSPS) is 14.5. The topological polar surface area (TPSA) is 237 Å². The predicted octanol–water partition coefficient (Wildman–Crippen LogP) is 19.5. The average Bonchev–Trinajstić information content (AvgIpc) is 3.63. The van der Waals surface area contributed by atoms with Crippen molar-refractivity contribution in [3.8, 4) is 0 Å². The molecule has 19 heteroatoms. The van der Waals surface area contributed by atoms with Gasteiger partial charge in [-0.3, -0.25) is 37.3 Å². The highest BCUT2D eigenvalue weighted by Gasteiger charge is 2.30. The van der Waals surface area contributed by atoms with Crippen molar-refractivity contribution in [1.82, 2.24) is 0 Å². The Morgan fingerprint density at radius 1 is 0.330 bits per heavy atom. The van der Waals surface area contributed by atoms with Crippen LogP contribution in [0.5, 0.6) is 0 Å². The van der Waals surface area contributed by atoms with E-state index in [1.165, 1.54) is 148 Å². The molecule has 88 heavy (non-hydrogen) atoms. The van der Waals surface area contributed by atoms with Gasteiger partial charge in [0.2, 0.25) is 0 Å². The number of hydrogen-bond acceptors (Lipinski definition) is 15. The second-order valence-corrected chi connectivity index (χ2v) is 29.0. The molecule has 0 rings (SSSR count). The first kappa shape index (κ1) is 86.1. The van der Waals surface area contributed by atoms with Crippen LogP contribution < -0.4 is 0 Å². The van der Waals surface area contributed by atoms with Crippen LogP contribution in [0.15, 0.2) is 0 Å². The number of hydrogen-bond donors (Lipinski definition) is 3. The predicted molar refractivity (Wildman–Crippen MR) is 354 cm³/mol. The third-order valence-corrected chi connectivity index (χ3v) is 18.1. The smallest absolute Gasteiger partial charge is 0.462 e. The third-order valence-electron chi connectivity index (χ3n) is 16.2. The monoisotopic (exact) mass is 1300 g/mol. The van der Waals surface area contributed by atoms with Crippen LogP contribution in [-0.2, 0) is 65.4 Å². The molecule has 0 aromatic carbocycles. The van der Waals surface area contributed by atoms with Crippen LogP contribution in [0.25, 0.3) is 0 Å². The fraction of sp³-hybridized carbons (Fsp3) is 0.942. The number of aliphatic hydroxyl groups is 1. The molecule has 3 unspecified atom stereocenters. The van der Waals surface area contributed by atoms with E-state index in [9.17, 15) is 43.2 Å². The SMILES string of the molecule is CCCCCCCCCCCCCC(=O)O[C@H](COC(=O)CCCCCCCCC(C)C)COP(=O)(O)OC[C@H](O)COP(=O)(O)OC[C@@H](COC(=O)CCCCCCCCCCC(C)CC)OC(=O)CCCCCCCCCCCCCCCC(C)C. The summed E-state index contributed by atoms with van der Waals surface area (Å²) in [4.78, 5) is 72.4. The van der Waals surface area contributed by atoms with Crippen molar-refractivity contribution in [3.63, 3.8) is 0 Å². The van der Waals surface area contributed by atoms with Crippen LogP contribution in [0.1, 0.15) is 344 Å². The average molecular weight is 1300 g/mol. The van der Waals surface area contributed by atoms with Gasteiger partial charge in [0.25, 0.3) is 0 Å². The maximum Gasteiger partial charge on any atom is 0.472 e. The number of ether oxygens (including phenoxy) is 4. The van der Waals surface area contributed by atoms with Gasteiger partial charge < -0.3 is 33.8 Å². The van der Waals surface area contributed by atoms with Crippen molar-refractivity contribution >= 4 is 39.5 Å². The van der Waals surface area contributed by atoms with E-state index in [1.54, 1.807) is 0 Å². The molecule has 0 heterocycles. The molecule has 3 N–H and O–H groups in total. The molecule has 0 bridgehead atoms. The molecule has 0 saturated heterocycles. The van der Waals surface area contributed by atoms with E-state index in [1.807, 2.05) is 0 Å². The lowest BCUT2D eigenvalue weighted by Crippen LogP contribution is -2.30. The molecular formula is C69H134O17P2. The molecule has 522 valence electrons. The van der Waals surface area contributed by atoms with Crippen molar-refractivity contribution in [3.05, 3.63) is 0 Å². The van der Waals surface area contributed by atoms with Gasteiger partial charge in [-0.05, 0) is 43.4 Å². The van der Waals surface area contributed by atoms with E-state index in [-0.39, 0.29) is 25.7 Å². The van der Waals surface area contributed by atoms with Gasteiger partial charge in [0.1, 0.15) is 19.3 Å². The molecular weight excluding hydrogens is 1160 g/mol. The Morgan fingerprint density at radius 2 is 0.580 bits per heavy atom. The standard InChI is InChI=1S/C69H134O17P2/c1-8-10-11-12-13-14-18-22-29-38-45-52-68(73)86-65(57-80-67(72)51-44-37-32-31-34-41-48-61(5)6)59-84-88(77,78)82-55-63(70)54-81-87(75,76)83-58-64(56-79-66(71)50-43-36-28-25-24-27-35-42-49-62(7)9-2)85-69(74)53-46-39-30-23-20-17-15-16-19-21-26-33-40-47-60(3)4/h60-65,70H,8-59H2,1-7H3,(H,75,76)(H,77,78)/t62?,63-,64-,65-/m1/s1. The first-order valence-electron chi connectivity index (χ1n) is 35.9. The van der Waals surface area contributed by atoms with Crippen molar-refractivity contribution in [2.75, 3.05) is 39.6 Å². The first-order chi connectivity index (χ1) is 42.3. The Hall–Kier alpha value is -1.94. The number of unbranched alkanes of at least 4 members (excludes halogenated alkanes) is 34. The van der Waals surface area contributed by atoms with Crippen molar-refractivity contribution in [2.24, 2.45) is 17.8 Å². The number of esters is 4. The van der Waals surface area contributed by atoms with Gasteiger partial charge in [-0.2, -0.15) is 0 Å². The summed E-state index contributed by atoms with van der Waals surface area (Å²) in [5.74, 6) is 0.115. The molecule has 0 aromatic rings. The van der Waals surface area contributed by atoms with Crippen LogP contribution in [0, 0.1) is 17.8 Å². The number of phosphoric ester groups is 2. The summed E-state index contributed by atoms with van der Waals surface area (Å²) in [6.45, 7) is 11.8. The summed E-state index contributed by atoms with van der Waals surface area (Å²) >= 11 is 0. The zero-order valence-electron chi connectivity index (χ0n) is 57.2. The maximum atomic E-state index is 13.0. The van der Waals surface area contributed by atoms with Crippen LogP contribution in [0.2, 0.25) is 0 Å². The minimum absolute atomic E-state index is 0.105. The Morgan fingerprint density at radius 3 is 0.864 bits per heavy atom. The number of rotatable bonds is 67. The Labute approximate surface area is 537 Å². The van der Waals surface area contributed by atoms with E-state index < -0.39 is 97.5 Å². The second kappa shape index (κ2) is 60.0. The maximum absolute atomic E-state index is 13.0. The molecule has 6 atom stereocenters. The summed E-state index contributed by atoms with van der Waals surface area (Å²) in [5, 5.41) is 10.6. The minimum atomic E-state index is -4.95. The molecule has 17 nitrogen and oxygen atoms in total. The quantitative estimate of drug-likeness (QED) is 0.0222. The van der Waals surface area contributed by atoms with Gasteiger partial charge in [-0.15, -0.1) is 0 Å². The second-order valence-electron chi connectivity index (χ2n) is 26.1. The van der Waals surface area contributed by atoms with Gasteiger partial charge in [0, 0.05) is 25.7 Å². The molecule has 0 radical (unpaired) electrons. The van der Waals surface area contributed by atoms with E-state index in [2.05, 4.69) is 48.5 Å². The fourth-order valence-corrected chi connectivity index (χ4v) is 11.9. The van der Waals surface area contributed by atoms with Crippen LogP contribution in [-0.4, -0.2) is 96.7 Å². The van der Waals surface area contributed by atoms with Crippen LogP contribution >= 0.6 is 15.6 Å². The van der Waals surface area contributed by atoms with Crippen molar-refractivity contribution in [1.29, 1.82) is 0 Å². The first-order valence-corrected chi connectivity index (χ1v) is 38.9. The zero-order chi connectivity index (χ0) is 65.2. The largest absolute Gasteiger partial charge is 0.472 e. The lowest BCUT2D eigenvalue weighted by Gasteiger charge is -2.21. The molecule has 0 spiro atoms. The number of phosphoric acid groups is 2. The Bertz CT molecular complexity index is 1730. The lowest BCUT2D eigenvalue weighted by atomic mass is 9.99. The summed E-state index contributed by atoms with van der Waals surface area (Å²) in [5.41, 5.74) is 0. The van der Waals surface area contributed by atoms with Crippen molar-refractivity contribution < 1.29 is 80.2 Å². The van der Waals surface area contributed by atoms with E-state index in [0.29, 0.717) is 31.6 Å². The van der Waals surface area contributed by atoms with E-state index in [0.717, 1.165) is 108 Å². The van der Waals surface area contributed by atoms with E-state index >= 15 is 0 Å². The van der Waals surface area contributed by atoms with Crippen LogP contribution in [0.3, 0.4) is 0 Å². The van der Waals surface area contributed by atoms with E-state index in [4.69, 9.17) is 37.0 Å². The number of carbonyl (C=O) groups is 4. The zero-order valence-corrected chi connectivity index (χ0v) is 59.0. The summed E-state index contributed by atoms with van der Waals surface area (Å²) in [7, 11) is -9.90. The molecule has 0 amide bonds. The minimum Gasteiger partial charge on any atom is -0.462 e. The Kier molecular flexibility index (Phi) is 58.7. The molecule has 0 fully saturated rings. The van der Waals surface area contributed by atoms with Gasteiger partial charge in [0.05, 0.1) is 26.4 Å². The number of carbonyl (C=O) groups excluding carboxylic acids is 4. The van der Waals surface area contributed by atoms with Gasteiger partial charge in [-0.1, -0.05) is 292 Å². The summed E-state index contributed by atoms with van der Waals surface area (Å²) < 4.78 is 68.2. The highest BCUT2D eigenvalue weighted by atomic mass is 31.2. The van der Waals surface area contributed by atoms with Gasteiger partial charge >= 0.3 is 39.5 Å². The van der Waals surface area contributed by atoms with Gasteiger partial charge in [-0.25, -0.2) is 9.13 Å².